The van der Waals surface area contributed by atoms with Gasteiger partial charge in [-0.05, 0) is 46.8 Å². The highest BCUT2D eigenvalue weighted by Crippen LogP contribution is 2.24. The molecule has 7 nitrogen and oxygen atoms in total. The largest absolute Gasteiger partial charge is 0.462 e. The van der Waals surface area contributed by atoms with Crippen molar-refractivity contribution >= 4 is 47.2 Å². The fourth-order valence-electron chi connectivity index (χ4n) is 2.50. The number of nitrogens with zero attached hydrogens (tertiary/aromatic N) is 3. The van der Waals surface area contributed by atoms with Crippen LogP contribution in [0.15, 0.2) is 4.99 Å². The summed E-state index contributed by atoms with van der Waals surface area (Å²) in [6, 6.07) is -0.0455. The van der Waals surface area contributed by atoms with Crippen molar-refractivity contribution in [3.05, 3.63) is 15.6 Å². The molecule has 27 heavy (non-hydrogen) atoms. The fraction of sp³-hybridized carbons (Fsp3) is 0.722. The highest BCUT2D eigenvalue weighted by Gasteiger charge is 2.20. The van der Waals surface area contributed by atoms with Crippen LogP contribution in [0.1, 0.15) is 60.5 Å². The van der Waals surface area contributed by atoms with E-state index in [1.807, 2.05) is 13.8 Å². The van der Waals surface area contributed by atoms with Gasteiger partial charge in [-0.25, -0.2) is 9.78 Å². The van der Waals surface area contributed by atoms with Crippen LogP contribution in [0.2, 0.25) is 0 Å². The molecule has 1 aromatic rings. The maximum atomic E-state index is 11.9. The standard InChI is InChI=1S/C18H33N5O2S.HI/c1-7-23(8-2)12-10-11-20-18(19-6)22-14(5)16-21-13(4)15(26-16)17(24)25-9-3;/h14H,7-12H2,1-6H3,(H2,19,20,22);1H. The fourth-order valence-corrected chi connectivity index (χ4v) is 3.46. The molecule has 1 atom stereocenters. The van der Waals surface area contributed by atoms with E-state index in [1.165, 1.54) is 11.3 Å². The molecule has 0 aliphatic carbocycles. The van der Waals surface area contributed by atoms with Crippen molar-refractivity contribution in [2.75, 3.05) is 39.8 Å². The van der Waals surface area contributed by atoms with Gasteiger partial charge in [0.2, 0.25) is 0 Å². The Labute approximate surface area is 184 Å². The number of aryl methyl sites for hydroxylation is 1. The third kappa shape index (κ3) is 8.73. The van der Waals surface area contributed by atoms with Gasteiger partial charge < -0.3 is 20.3 Å². The summed E-state index contributed by atoms with van der Waals surface area (Å²) in [6.45, 7) is 14.4. The average molecular weight is 511 g/mol. The molecule has 9 heteroatoms. The second-order valence-corrected chi connectivity index (χ2v) is 6.96. The summed E-state index contributed by atoms with van der Waals surface area (Å²) in [4.78, 5) is 23.7. The molecule has 0 fully saturated rings. The van der Waals surface area contributed by atoms with E-state index in [-0.39, 0.29) is 36.0 Å². The number of halogens is 1. The van der Waals surface area contributed by atoms with Crippen LogP contribution in [-0.2, 0) is 4.74 Å². The van der Waals surface area contributed by atoms with Crippen molar-refractivity contribution in [2.45, 2.75) is 47.1 Å². The Bertz CT molecular complexity index is 590. The minimum atomic E-state index is -0.306. The third-order valence-electron chi connectivity index (χ3n) is 4.06. The number of carbonyl (C=O) groups excluding carboxylic acids is 1. The SMILES string of the molecule is CCOC(=O)c1sc(C(C)NC(=NC)NCCCN(CC)CC)nc1C.I. The summed E-state index contributed by atoms with van der Waals surface area (Å²) in [5, 5.41) is 7.51. The number of carbonyl (C=O) groups is 1. The first-order valence-corrected chi connectivity index (χ1v) is 10.1. The summed E-state index contributed by atoms with van der Waals surface area (Å²) in [7, 11) is 1.75. The van der Waals surface area contributed by atoms with Crippen LogP contribution < -0.4 is 10.6 Å². The van der Waals surface area contributed by atoms with Crippen molar-refractivity contribution in [3.8, 4) is 0 Å². The Morgan fingerprint density at radius 3 is 2.56 bits per heavy atom. The first kappa shape index (κ1) is 26.1. The van der Waals surface area contributed by atoms with E-state index in [2.05, 4.69) is 39.4 Å². The lowest BCUT2D eigenvalue weighted by atomic mass is 10.3. The Morgan fingerprint density at radius 2 is 2.00 bits per heavy atom. The van der Waals surface area contributed by atoms with Crippen molar-refractivity contribution in [1.29, 1.82) is 0 Å². The zero-order chi connectivity index (χ0) is 19.5. The van der Waals surface area contributed by atoms with Gasteiger partial charge in [-0.15, -0.1) is 35.3 Å². The lowest BCUT2D eigenvalue weighted by Gasteiger charge is -2.19. The van der Waals surface area contributed by atoms with Crippen molar-refractivity contribution in [3.63, 3.8) is 0 Å². The number of rotatable bonds is 10. The van der Waals surface area contributed by atoms with Gasteiger partial charge in [0.05, 0.1) is 18.3 Å². The number of aromatic nitrogens is 1. The summed E-state index contributed by atoms with van der Waals surface area (Å²) >= 11 is 1.37. The van der Waals surface area contributed by atoms with Crippen molar-refractivity contribution in [2.24, 2.45) is 4.99 Å². The van der Waals surface area contributed by atoms with Gasteiger partial charge in [0.15, 0.2) is 5.96 Å². The molecule has 0 spiro atoms. The molecular formula is C18H34IN5O2S. The molecule has 1 aromatic heterocycles. The first-order valence-electron chi connectivity index (χ1n) is 9.30. The van der Waals surface area contributed by atoms with Gasteiger partial charge in [0.25, 0.3) is 0 Å². The zero-order valence-electron chi connectivity index (χ0n) is 17.3. The van der Waals surface area contributed by atoms with Crippen LogP contribution >= 0.6 is 35.3 Å². The van der Waals surface area contributed by atoms with E-state index in [1.54, 1.807) is 14.0 Å². The topological polar surface area (TPSA) is 78.8 Å². The molecule has 1 unspecified atom stereocenters. The first-order chi connectivity index (χ1) is 12.5. The van der Waals surface area contributed by atoms with Crippen LogP contribution in [0.5, 0.6) is 0 Å². The molecule has 0 amide bonds. The lowest BCUT2D eigenvalue weighted by molar-refractivity contribution is 0.0531. The molecule has 0 saturated carbocycles. The summed E-state index contributed by atoms with van der Waals surface area (Å²) in [5.74, 6) is 0.433. The molecule has 0 aliphatic rings. The predicted octanol–water partition coefficient (Wildman–Crippen LogP) is 3.20. The molecular weight excluding hydrogens is 477 g/mol. The van der Waals surface area contributed by atoms with E-state index in [0.717, 1.165) is 43.6 Å². The van der Waals surface area contributed by atoms with Crippen LogP contribution in [-0.4, -0.2) is 61.6 Å². The number of hydrogen-bond donors (Lipinski definition) is 2. The smallest absolute Gasteiger partial charge is 0.350 e. The minimum absolute atomic E-state index is 0. The van der Waals surface area contributed by atoms with Crippen molar-refractivity contribution < 1.29 is 9.53 Å². The van der Waals surface area contributed by atoms with E-state index < -0.39 is 0 Å². The lowest BCUT2D eigenvalue weighted by Crippen LogP contribution is -2.40. The Balaban J connectivity index is 0.00000676. The van der Waals surface area contributed by atoms with Crippen LogP contribution in [0, 0.1) is 6.92 Å². The van der Waals surface area contributed by atoms with Gasteiger partial charge >= 0.3 is 5.97 Å². The highest BCUT2D eigenvalue weighted by atomic mass is 127. The molecule has 0 aromatic carbocycles. The second kappa shape index (κ2) is 14.1. The molecule has 1 heterocycles. The van der Waals surface area contributed by atoms with Gasteiger partial charge in [-0.3, -0.25) is 4.99 Å². The van der Waals surface area contributed by atoms with E-state index in [4.69, 9.17) is 4.74 Å². The maximum absolute atomic E-state index is 11.9. The molecule has 0 radical (unpaired) electrons. The Kier molecular flexibility index (Phi) is 13.6. The zero-order valence-corrected chi connectivity index (χ0v) is 20.4. The molecule has 2 N–H and O–H groups in total. The number of nitrogens with one attached hydrogen (secondary N) is 2. The Morgan fingerprint density at radius 1 is 1.33 bits per heavy atom. The molecule has 0 saturated heterocycles. The normalized spacial score (nSPS) is 12.5. The summed E-state index contributed by atoms with van der Waals surface area (Å²) in [5.41, 5.74) is 0.708. The average Bonchev–Trinajstić information content (AvgIpc) is 3.03. The summed E-state index contributed by atoms with van der Waals surface area (Å²) in [6.07, 6.45) is 1.06. The number of guanidine groups is 1. The van der Waals surface area contributed by atoms with E-state index >= 15 is 0 Å². The Hall–Kier alpha value is -0.940. The van der Waals surface area contributed by atoms with Crippen LogP contribution in [0.3, 0.4) is 0 Å². The summed E-state index contributed by atoms with van der Waals surface area (Å²) < 4.78 is 5.08. The number of aliphatic imine (C=N–C) groups is 1. The van der Waals surface area contributed by atoms with Gasteiger partial charge in [0, 0.05) is 13.6 Å². The maximum Gasteiger partial charge on any atom is 0.350 e. The molecule has 0 bridgehead atoms. The number of thiazole rings is 1. The third-order valence-corrected chi connectivity index (χ3v) is 5.38. The number of hydrogen-bond acceptors (Lipinski definition) is 6. The van der Waals surface area contributed by atoms with E-state index in [0.29, 0.717) is 17.2 Å². The van der Waals surface area contributed by atoms with Gasteiger partial charge in [-0.1, -0.05) is 13.8 Å². The highest BCUT2D eigenvalue weighted by molar-refractivity contribution is 14.0. The molecule has 156 valence electrons. The number of esters is 1. The monoisotopic (exact) mass is 511 g/mol. The predicted molar refractivity (Wildman–Crippen MR) is 124 cm³/mol. The molecule has 0 aliphatic heterocycles. The number of ether oxygens (including phenoxy) is 1. The molecule has 1 rings (SSSR count). The quantitative estimate of drug-likeness (QED) is 0.165. The van der Waals surface area contributed by atoms with Gasteiger partial charge in [-0.2, -0.15) is 0 Å². The second-order valence-electron chi connectivity index (χ2n) is 5.93. The minimum Gasteiger partial charge on any atom is -0.462 e. The van der Waals surface area contributed by atoms with Crippen LogP contribution in [0.4, 0.5) is 0 Å². The van der Waals surface area contributed by atoms with Crippen LogP contribution in [0.25, 0.3) is 0 Å². The van der Waals surface area contributed by atoms with Gasteiger partial charge in [0.1, 0.15) is 9.88 Å². The van der Waals surface area contributed by atoms with E-state index in [9.17, 15) is 4.79 Å². The van der Waals surface area contributed by atoms with Crippen molar-refractivity contribution in [1.82, 2.24) is 20.5 Å².